The molecular weight excluding hydrogens is 306 g/mol. The summed E-state index contributed by atoms with van der Waals surface area (Å²) in [4.78, 5) is 7.88. The fourth-order valence-electron chi connectivity index (χ4n) is 2.81. The number of aromatic nitrogens is 1. The van der Waals surface area contributed by atoms with Crippen molar-refractivity contribution in [3.63, 3.8) is 0 Å². The van der Waals surface area contributed by atoms with Crippen molar-refractivity contribution in [1.82, 2.24) is 9.88 Å². The number of anilines is 1. The number of hydrogen-bond donors (Lipinski definition) is 1. The van der Waals surface area contributed by atoms with Crippen molar-refractivity contribution in [3.8, 4) is 5.75 Å². The zero-order chi connectivity index (χ0) is 13.9. The van der Waals surface area contributed by atoms with Crippen LogP contribution in [0.5, 0.6) is 5.75 Å². The first-order valence-electron chi connectivity index (χ1n) is 6.84. The molecule has 1 saturated heterocycles. The van der Waals surface area contributed by atoms with Gasteiger partial charge in [0.15, 0.2) is 5.13 Å². The molecule has 0 bridgehead atoms. The normalized spacial score (nSPS) is 18.4. The van der Waals surface area contributed by atoms with Gasteiger partial charge in [0.2, 0.25) is 0 Å². The SMILES string of the molecule is COc1ccc(C2CCCN2Cc2cnc(N)s2)cc1.Cl. The molecule has 2 N–H and O–H groups in total. The molecule has 3 rings (SSSR count). The molecule has 6 heteroatoms. The van der Waals surface area contributed by atoms with Gasteiger partial charge in [0.25, 0.3) is 0 Å². The quantitative estimate of drug-likeness (QED) is 0.934. The van der Waals surface area contributed by atoms with Crippen LogP contribution in [0.3, 0.4) is 0 Å². The molecular formula is C15H20ClN3OS. The van der Waals surface area contributed by atoms with Crippen molar-refractivity contribution < 1.29 is 4.74 Å². The summed E-state index contributed by atoms with van der Waals surface area (Å²) in [6.45, 7) is 2.07. The summed E-state index contributed by atoms with van der Waals surface area (Å²) < 4.78 is 5.22. The summed E-state index contributed by atoms with van der Waals surface area (Å²) in [5.74, 6) is 0.911. The Kier molecular flexibility index (Phi) is 5.45. The molecule has 4 nitrogen and oxygen atoms in total. The van der Waals surface area contributed by atoms with Gasteiger partial charge in [0.1, 0.15) is 5.75 Å². The van der Waals surface area contributed by atoms with Gasteiger partial charge in [0.05, 0.1) is 7.11 Å². The van der Waals surface area contributed by atoms with Gasteiger partial charge >= 0.3 is 0 Å². The Bertz CT molecular complexity index is 573. The maximum Gasteiger partial charge on any atom is 0.180 e. The van der Waals surface area contributed by atoms with Gasteiger partial charge in [0, 0.05) is 23.7 Å². The molecule has 2 heterocycles. The Morgan fingerprint density at radius 1 is 1.38 bits per heavy atom. The lowest BCUT2D eigenvalue weighted by molar-refractivity contribution is 0.250. The van der Waals surface area contributed by atoms with Crippen LogP contribution in [0.2, 0.25) is 0 Å². The van der Waals surface area contributed by atoms with Crippen molar-refractivity contribution in [2.45, 2.75) is 25.4 Å². The van der Waals surface area contributed by atoms with Crippen LogP contribution < -0.4 is 10.5 Å². The number of thiazole rings is 1. The van der Waals surface area contributed by atoms with E-state index in [-0.39, 0.29) is 12.4 Å². The molecule has 0 saturated carbocycles. The first kappa shape index (κ1) is 16.1. The summed E-state index contributed by atoms with van der Waals surface area (Å²) in [5, 5.41) is 0.653. The topological polar surface area (TPSA) is 51.4 Å². The molecule has 1 atom stereocenters. The number of nitrogen functional groups attached to an aromatic ring is 1. The molecule has 114 valence electrons. The molecule has 1 aromatic heterocycles. The van der Waals surface area contributed by atoms with Crippen molar-refractivity contribution in [2.24, 2.45) is 0 Å². The van der Waals surface area contributed by atoms with E-state index in [1.807, 2.05) is 18.3 Å². The highest BCUT2D eigenvalue weighted by atomic mass is 35.5. The zero-order valence-corrected chi connectivity index (χ0v) is 13.6. The largest absolute Gasteiger partial charge is 0.497 e. The summed E-state index contributed by atoms with van der Waals surface area (Å²) in [5.41, 5.74) is 7.07. The van der Waals surface area contributed by atoms with Gasteiger partial charge in [-0.2, -0.15) is 0 Å². The second-order valence-corrected chi connectivity index (χ2v) is 6.21. The predicted molar refractivity (Wildman–Crippen MR) is 89.2 cm³/mol. The lowest BCUT2D eigenvalue weighted by Gasteiger charge is -2.24. The first-order valence-corrected chi connectivity index (χ1v) is 7.66. The predicted octanol–water partition coefficient (Wildman–Crippen LogP) is 3.49. The number of rotatable bonds is 4. The third kappa shape index (κ3) is 3.67. The molecule has 0 radical (unpaired) electrons. The summed E-state index contributed by atoms with van der Waals surface area (Å²) in [7, 11) is 1.70. The number of ether oxygens (including phenoxy) is 1. The third-order valence-corrected chi connectivity index (χ3v) is 4.61. The van der Waals surface area contributed by atoms with Crippen LogP contribution in [0.4, 0.5) is 5.13 Å². The number of halogens is 1. The molecule has 0 spiro atoms. The number of hydrogen-bond acceptors (Lipinski definition) is 5. The monoisotopic (exact) mass is 325 g/mol. The fraction of sp³-hybridized carbons (Fsp3) is 0.400. The van der Waals surface area contributed by atoms with Crippen LogP contribution in [-0.2, 0) is 6.54 Å². The van der Waals surface area contributed by atoms with Crippen LogP contribution in [0.25, 0.3) is 0 Å². The Balaban J connectivity index is 0.00000161. The van der Waals surface area contributed by atoms with E-state index < -0.39 is 0 Å². The van der Waals surface area contributed by atoms with E-state index in [0.29, 0.717) is 11.2 Å². The Labute approximate surface area is 135 Å². The highest BCUT2D eigenvalue weighted by Crippen LogP contribution is 2.34. The molecule has 1 aliphatic heterocycles. The molecule has 1 aliphatic rings. The average molecular weight is 326 g/mol. The molecule has 21 heavy (non-hydrogen) atoms. The maximum absolute atomic E-state index is 5.71. The minimum absolute atomic E-state index is 0. The molecule has 0 amide bonds. The van der Waals surface area contributed by atoms with E-state index in [1.165, 1.54) is 23.3 Å². The summed E-state index contributed by atoms with van der Waals surface area (Å²) in [6.07, 6.45) is 4.34. The van der Waals surface area contributed by atoms with Gasteiger partial charge in [-0.25, -0.2) is 4.98 Å². The number of nitrogens with two attached hydrogens (primary N) is 1. The van der Waals surface area contributed by atoms with E-state index in [2.05, 4.69) is 22.0 Å². The lowest BCUT2D eigenvalue weighted by atomic mass is 10.0. The minimum atomic E-state index is 0. The van der Waals surface area contributed by atoms with E-state index in [0.717, 1.165) is 18.8 Å². The van der Waals surface area contributed by atoms with Crippen LogP contribution in [0.15, 0.2) is 30.5 Å². The van der Waals surface area contributed by atoms with Crippen LogP contribution in [0.1, 0.15) is 29.3 Å². The van der Waals surface area contributed by atoms with Crippen molar-refractivity contribution >= 4 is 28.9 Å². The van der Waals surface area contributed by atoms with E-state index >= 15 is 0 Å². The minimum Gasteiger partial charge on any atom is -0.497 e. The van der Waals surface area contributed by atoms with Gasteiger partial charge in [-0.15, -0.1) is 23.7 Å². The van der Waals surface area contributed by atoms with E-state index in [4.69, 9.17) is 10.5 Å². The molecule has 1 aromatic carbocycles. The van der Waals surface area contributed by atoms with Gasteiger partial charge in [-0.05, 0) is 37.1 Å². The number of benzene rings is 1. The Morgan fingerprint density at radius 2 is 2.14 bits per heavy atom. The Hall–Kier alpha value is -1.30. The van der Waals surface area contributed by atoms with Crippen LogP contribution >= 0.6 is 23.7 Å². The summed E-state index contributed by atoms with van der Waals surface area (Å²) >= 11 is 1.58. The molecule has 2 aromatic rings. The van der Waals surface area contributed by atoms with Crippen molar-refractivity contribution in [3.05, 3.63) is 40.9 Å². The van der Waals surface area contributed by atoms with Crippen LogP contribution in [-0.4, -0.2) is 23.5 Å². The first-order chi connectivity index (χ1) is 9.76. The zero-order valence-electron chi connectivity index (χ0n) is 12.0. The third-order valence-electron chi connectivity index (χ3n) is 3.79. The van der Waals surface area contributed by atoms with Gasteiger partial charge in [-0.1, -0.05) is 12.1 Å². The molecule has 0 aliphatic carbocycles. The fourth-order valence-corrected chi connectivity index (χ4v) is 3.52. The standard InChI is InChI=1S/C15H19N3OS.ClH/c1-19-12-6-4-11(5-7-12)14-3-2-8-18(14)10-13-9-17-15(16)20-13;/h4-7,9,14H,2-3,8,10H2,1H3,(H2,16,17);1H. The smallest absolute Gasteiger partial charge is 0.180 e. The van der Waals surface area contributed by atoms with Crippen molar-refractivity contribution in [1.29, 1.82) is 0 Å². The van der Waals surface area contributed by atoms with Gasteiger partial charge in [-0.3, -0.25) is 4.90 Å². The second-order valence-electron chi connectivity index (χ2n) is 5.07. The number of methoxy groups -OCH3 is 1. The molecule has 1 unspecified atom stereocenters. The highest BCUT2D eigenvalue weighted by molar-refractivity contribution is 7.15. The summed E-state index contributed by atoms with van der Waals surface area (Å²) in [6, 6.07) is 8.91. The van der Waals surface area contributed by atoms with E-state index in [1.54, 1.807) is 18.4 Å². The number of likely N-dealkylation sites (tertiary alicyclic amines) is 1. The second kappa shape index (κ2) is 7.11. The lowest BCUT2D eigenvalue weighted by Crippen LogP contribution is -2.22. The maximum atomic E-state index is 5.71. The van der Waals surface area contributed by atoms with E-state index in [9.17, 15) is 0 Å². The van der Waals surface area contributed by atoms with Crippen LogP contribution in [0, 0.1) is 0 Å². The van der Waals surface area contributed by atoms with Gasteiger partial charge < -0.3 is 10.5 Å². The van der Waals surface area contributed by atoms with Crippen molar-refractivity contribution in [2.75, 3.05) is 19.4 Å². The Morgan fingerprint density at radius 3 is 2.76 bits per heavy atom. The highest BCUT2D eigenvalue weighted by Gasteiger charge is 2.26. The average Bonchev–Trinajstić information content (AvgIpc) is 3.09. The molecule has 1 fully saturated rings. The number of nitrogens with zero attached hydrogens (tertiary/aromatic N) is 2.